The molecule has 1 aromatic rings. The van der Waals surface area contributed by atoms with Crippen LogP contribution in [0, 0.1) is 6.92 Å². The lowest BCUT2D eigenvalue weighted by Crippen LogP contribution is -2.08. The average Bonchev–Trinajstić information content (AvgIpc) is 2.16. The normalized spacial score (nSPS) is 9.73. The smallest absolute Gasteiger partial charge is 0.311 e. The summed E-state index contributed by atoms with van der Waals surface area (Å²) in [6.45, 7) is 1.83. The van der Waals surface area contributed by atoms with Crippen molar-refractivity contribution >= 4 is 11.8 Å². The SMILES string of the molecule is COc1ccc(C)cc1C(=O)CC(=O)O. The zero-order chi connectivity index (χ0) is 11.4. The molecule has 0 aliphatic rings. The fourth-order valence-electron chi connectivity index (χ4n) is 1.27. The Labute approximate surface area is 87.5 Å². The van der Waals surface area contributed by atoms with Gasteiger partial charge in [0.1, 0.15) is 12.2 Å². The van der Waals surface area contributed by atoms with E-state index in [-0.39, 0.29) is 0 Å². The van der Waals surface area contributed by atoms with Gasteiger partial charge in [-0.2, -0.15) is 0 Å². The van der Waals surface area contributed by atoms with E-state index < -0.39 is 18.2 Å². The lowest BCUT2D eigenvalue weighted by Gasteiger charge is -2.07. The van der Waals surface area contributed by atoms with Crippen LogP contribution in [0.25, 0.3) is 0 Å². The summed E-state index contributed by atoms with van der Waals surface area (Å²) in [7, 11) is 1.45. The molecule has 0 radical (unpaired) electrons. The van der Waals surface area contributed by atoms with E-state index >= 15 is 0 Å². The maximum absolute atomic E-state index is 11.5. The summed E-state index contributed by atoms with van der Waals surface area (Å²) in [6.07, 6.45) is -0.514. The Morgan fingerprint density at radius 3 is 2.60 bits per heavy atom. The lowest BCUT2D eigenvalue weighted by molar-refractivity contribution is -0.135. The Balaban J connectivity index is 3.05. The molecule has 15 heavy (non-hydrogen) atoms. The molecule has 4 heteroatoms. The summed E-state index contributed by atoms with van der Waals surface area (Å²) >= 11 is 0. The molecule has 4 nitrogen and oxygen atoms in total. The minimum Gasteiger partial charge on any atom is -0.496 e. The number of hydrogen-bond donors (Lipinski definition) is 1. The van der Waals surface area contributed by atoms with E-state index in [4.69, 9.17) is 9.84 Å². The summed E-state index contributed by atoms with van der Waals surface area (Å²) in [6, 6.07) is 5.09. The number of benzene rings is 1. The summed E-state index contributed by atoms with van der Waals surface area (Å²) in [5.74, 6) is -1.17. The number of ether oxygens (including phenoxy) is 1. The van der Waals surface area contributed by atoms with Crippen LogP contribution < -0.4 is 4.74 Å². The molecule has 0 saturated carbocycles. The molecule has 1 aromatic carbocycles. The third kappa shape index (κ3) is 2.80. The second-order valence-electron chi connectivity index (χ2n) is 3.20. The van der Waals surface area contributed by atoms with Crippen LogP contribution in [0.5, 0.6) is 5.75 Å². The predicted molar refractivity (Wildman–Crippen MR) is 54.3 cm³/mol. The van der Waals surface area contributed by atoms with Crippen molar-refractivity contribution < 1.29 is 19.4 Å². The van der Waals surface area contributed by atoms with Crippen molar-refractivity contribution in [2.45, 2.75) is 13.3 Å². The van der Waals surface area contributed by atoms with Gasteiger partial charge in [-0.15, -0.1) is 0 Å². The molecular weight excluding hydrogens is 196 g/mol. The first-order valence-corrected chi connectivity index (χ1v) is 4.44. The van der Waals surface area contributed by atoms with Crippen LogP contribution in [0.4, 0.5) is 0 Å². The van der Waals surface area contributed by atoms with Gasteiger partial charge in [-0.3, -0.25) is 9.59 Å². The van der Waals surface area contributed by atoms with Gasteiger partial charge in [0.05, 0.1) is 12.7 Å². The third-order valence-electron chi connectivity index (χ3n) is 1.97. The fraction of sp³-hybridized carbons (Fsp3) is 0.273. The fourth-order valence-corrected chi connectivity index (χ4v) is 1.27. The van der Waals surface area contributed by atoms with Gasteiger partial charge in [0.15, 0.2) is 5.78 Å². The average molecular weight is 208 g/mol. The Hall–Kier alpha value is -1.84. The number of aliphatic carboxylic acids is 1. The Morgan fingerprint density at radius 2 is 2.07 bits per heavy atom. The molecule has 0 amide bonds. The van der Waals surface area contributed by atoms with E-state index in [0.29, 0.717) is 11.3 Å². The largest absolute Gasteiger partial charge is 0.496 e. The number of Topliss-reactive ketones (excluding diaryl/α,β-unsaturated/α-hetero) is 1. The highest BCUT2D eigenvalue weighted by Gasteiger charge is 2.15. The van der Waals surface area contributed by atoms with Crippen molar-refractivity contribution in [2.24, 2.45) is 0 Å². The van der Waals surface area contributed by atoms with Crippen molar-refractivity contribution in [3.8, 4) is 5.75 Å². The number of hydrogen-bond acceptors (Lipinski definition) is 3. The molecule has 0 saturated heterocycles. The maximum atomic E-state index is 11.5. The van der Waals surface area contributed by atoms with E-state index in [0.717, 1.165) is 5.56 Å². The van der Waals surface area contributed by atoms with Gasteiger partial charge < -0.3 is 9.84 Å². The Bertz CT molecular complexity index is 396. The van der Waals surface area contributed by atoms with Gasteiger partial charge in [-0.05, 0) is 19.1 Å². The van der Waals surface area contributed by atoms with E-state index in [1.165, 1.54) is 7.11 Å². The Kier molecular flexibility index (Phi) is 3.44. The second kappa shape index (κ2) is 4.59. The first kappa shape index (κ1) is 11.2. The number of carboxylic acid groups (broad SMARTS) is 1. The molecule has 0 spiro atoms. The molecule has 0 aliphatic carbocycles. The van der Waals surface area contributed by atoms with E-state index in [9.17, 15) is 9.59 Å². The van der Waals surface area contributed by atoms with Crippen molar-refractivity contribution in [3.05, 3.63) is 29.3 Å². The topological polar surface area (TPSA) is 63.6 Å². The first-order chi connectivity index (χ1) is 7.04. The number of aryl methyl sites for hydroxylation is 1. The van der Waals surface area contributed by atoms with E-state index in [1.807, 2.05) is 6.92 Å². The number of methoxy groups -OCH3 is 1. The van der Waals surface area contributed by atoms with E-state index in [2.05, 4.69) is 0 Å². The van der Waals surface area contributed by atoms with Crippen LogP contribution in [-0.2, 0) is 4.79 Å². The van der Waals surface area contributed by atoms with E-state index in [1.54, 1.807) is 18.2 Å². The zero-order valence-electron chi connectivity index (χ0n) is 8.61. The number of carbonyl (C=O) groups is 2. The molecule has 0 aliphatic heterocycles. The zero-order valence-corrected chi connectivity index (χ0v) is 8.61. The van der Waals surface area contributed by atoms with Gasteiger partial charge in [0.2, 0.25) is 0 Å². The van der Waals surface area contributed by atoms with Crippen LogP contribution in [-0.4, -0.2) is 24.0 Å². The minimum absolute atomic E-state index is 0.319. The van der Waals surface area contributed by atoms with Crippen LogP contribution in [0.3, 0.4) is 0 Å². The van der Waals surface area contributed by atoms with Crippen molar-refractivity contribution in [1.82, 2.24) is 0 Å². The summed E-state index contributed by atoms with van der Waals surface area (Å²) < 4.78 is 4.99. The predicted octanol–water partition coefficient (Wildman–Crippen LogP) is 1.66. The van der Waals surface area contributed by atoms with Gasteiger partial charge >= 0.3 is 5.97 Å². The molecule has 0 unspecified atom stereocenters. The van der Waals surface area contributed by atoms with Crippen molar-refractivity contribution in [1.29, 1.82) is 0 Å². The molecule has 0 heterocycles. The highest BCUT2D eigenvalue weighted by atomic mass is 16.5. The summed E-state index contributed by atoms with van der Waals surface area (Å²) in [5, 5.41) is 8.52. The molecule has 1 N–H and O–H groups in total. The van der Waals surface area contributed by atoms with Gasteiger partial charge in [0, 0.05) is 0 Å². The molecule has 0 fully saturated rings. The summed E-state index contributed by atoms with van der Waals surface area (Å²) in [4.78, 5) is 21.9. The molecule has 0 atom stereocenters. The molecule has 0 bridgehead atoms. The van der Waals surface area contributed by atoms with Crippen LogP contribution in [0.1, 0.15) is 22.3 Å². The number of rotatable bonds is 4. The van der Waals surface area contributed by atoms with Crippen molar-refractivity contribution in [3.63, 3.8) is 0 Å². The highest BCUT2D eigenvalue weighted by molar-refractivity contribution is 6.07. The van der Waals surface area contributed by atoms with Gasteiger partial charge in [-0.1, -0.05) is 11.6 Å². The van der Waals surface area contributed by atoms with Gasteiger partial charge in [-0.25, -0.2) is 0 Å². The monoisotopic (exact) mass is 208 g/mol. The standard InChI is InChI=1S/C11H12O4/c1-7-3-4-10(15-2)8(5-7)9(12)6-11(13)14/h3-5H,6H2,1-2H3,(H,13,14). The molecular formula is C11H12O4. The number of carbonyl (C=O) groups excluding carboxylic acids is 1. The lowest BCUT2D eigenvalue weighted by atomic mass is 10.0. The molecule has 0 aromatic heterocycles. The first-order valence-electron chi connectivity index (χ1n) is 4.44. The highest BCUT2D eigenvalue weighted by Crippen LogP contribution is 2.21. The quantitative estimate of drug-likeness (QED) is 0.603. The third-order valence-corrected chi connectivity index (χ3v) is 1.97. The second-order valence-corrected chi connectivity index (χ2v) is 3.20. The minimum atomic E-state index is -1.14. The number of ketones is 1. The maximum Gasteiger partial charge on any atom is 0.311 e. The van der Waals surface area contributed by atoms with Gasteiger partial charge in [0.25, 0.3) is 0 Å². The van der Waals surface area contributed by atoms with Crippen molar-refractivity contribution in [2.75, 3.05) is 7.11 Å². The summed E-state index contributed by atoms with van der Waals surface area (Å²) in [5.41, 5.74) is 1.21. The van der Waals surface area contributed by atoms with Crippen LogP contribution in [0.15, 0.2) is 18.2 Å². The number of carboxylic acids is 1. The molecule has 1 rings (SSSR count). The molecule has 80 valence electrons. The van der Waals surface area contributed by atoms with Crippen LogP contribution >= 0.6 is 0 Å². The van der Waals surface area contributed by atoms with Crippen LogP contribution in [0.2, 0.25) is 0 Å². The Morgan fingerprint density at radius 1 is 1.40 bits per heavy atom.